The summed E-state index contributed by atoms with van der Waals surface area (Å²) < 4.78 is 0. The molecule has 0 aromatic heterocycles. The van der Waals surface area contributed by atoms with Gasteiger partial charge in [0.2, 0.25) is 5.91 Å². The Kier molecular flexibility index (Phi) is 4.04. The topological polar surface area (TPSA) is 55.1 Å². The minimum atomic E-state index is -0.767. The van der Waals surface area contributed by atoms with Crippen LogP contribution in [-0.4, -0.2) is 10.9 Å². The minimum absolute atomic E-state index is 0.228. The molecule has 0 spiro atoms. The first-order valence-electron chi connectivity index (χ1n) is 5.92. The van der Waals surface area contributed by atoms with Crippen molar-refractivity contribution < 1.29 is 4.79 Å². The maximum absolute atomic E-state index is 12.4. The molecule has 1 fully saturated rings. The lowest BCUT2D eigenvalue weighted by atomic mass is 9.62. The summed E-state index contributed by atoms with van der Waals surface area (Å²) in [7, 11) is 0. The number of carbonyl (C=O) groups is 1. The van der Waals surface area contributed by atoms with Gasteiger partial charge in [0.25, 0.3) is 0 Å². The summed E-state index contributed by atoms with van der Waals surface area (Å²) in [5.41, 5.74) is 5.37. The van der Waals surface area contributed by atoms with Gasteiger partial charge in [-0.1, -0.05) is 48.4 Å². The molecular formula is C13H14Cl2N2OS. The van der Waals surface area contributed by atoms with Gasteiger partial charge in [0.15, 0.2) is 0 Å². The van der Waals surface area contributed by atoms with Crippen molar-refractivity contribution in [3.63, 3.8) is 0 Å². The molecule has 0 bridgehead atoms. The zero-order chi connectivity index (χ0) is 14.2. The number of nitrogens with two attached hydrogens (primary N) is 1. The number of rotatable bonds is 3. The molecule has 1 aliphatic carbocycles. The number of hydrogen-bond acceptors (Lipinski definition) is 2. The molecule has 1 aromatic rings. The fourth-order valence-corrected chi connectivity index (χ4v) is 3.23. The Bertz CT molecular complexity index is 521. The number of amides is 1. The number of thiocarbonyl (C=S) groups is 1. The number of anilines is 1. The molecule has 0 saturated heterocycles. The summed E-state index contributed by atoms with van der Waals surface area (Å²) in [6, 6.07) is 5.05. The highest BCUT2D eigenvalue weighted by Crippen LogP contribution is 2.47. The molecular weight excluding hydrogens is 303 g/mol. The Morgan fingerprint density at radius 1 is 1.42 bits per heavy atom. The van der Waals surface area contributed by atoms with E-state index < -0.39 is 5.41 Å². The van der Waals surface area contributed by atoms with Gasteiger partial charge in [0.1, 0.15) is 0 Å². The van der Waals surface area contributed by atoms with Crippen molar-refractivity contribution in [1.82, 2.24) is 0 Å². The van der Waals surface area contributed by atoms with Gasteiger partial charge in [-0.2, -0.15) is 0 Å². The van der Waals surface area contributed by atoms with Crippen molar-refractivity contribution in [2.75, 3.05) is 5.32 Å². The second kappa shape index (κ2) is 5.27. The van der Waals surface area contributed by atoms with Crippen LogP contribution in [0.2, 0.25) is 10.0 Å². The highest BCUT2D eigenvalue weighted by molar-refractivity contribution is 7.80. The van der Waals surface area contributed by atoms with Crippen LogP contribution in [0.1, 0.15) is 19.8 Å². The Morgan fingerprint density at radius 2 is 1.95 bits per heavy atom. The summed E-state index contributed by atoms with van der Waals surface area (Å²) in [6.07, 6.45) is 1.33. The van der Waals surface area contributed by atoms with Crippen molar-refractivity contribution in [3.05, 3.63) is 28.2 Å². The first-order valence-corrected chi connectivity index (χ1v) is 7.08. The van der Waals surface area contributed by atoms with Gasteiger partial charge in [-0.25, -0.2) is 0 Å². The fourth-order valence-electron chi connectivity index (χ4n) is 2.48. The van der Waals surface area contributed by atoms with Crippen LogP contribution in [0, 0.1) is 11.3 Å². The molecule has 2 rings (SSSR count). The maximum atomic E-state index is 12.4. The summed E-state index contributed by atoms with van der Waals surface area (Å²) in [5.74, 6) is 0.210. The van der Waals surface area contributed by atoms with E-state index in [-0.39, 0.29) is 10.9 Å². The van der Waals surface area contributed by atoms with Crippen LogP contribution in [0.15, 0.2) is 18.2 Å². The third-order valence-corrected chi connectivity index (χ3v) is 4.52. The Hall–Kier alpha value is -0.840. The quantitative estimate of drug-likeness (QED) is 0.837. The Morgan fingerprint density at radius 3 is 2.37 bits per heavy atom. The third kappa shape index (κ3) is 2.57. The van der Waals surface area contributed by atoms with Crippen LogP contribution >= 0.6 is 35.4 Å². The molecule has 1 saturated carbocycles. The zero-order valence-electron chi connectivity index (χ0n) is 10.4. The first kappa shape index (κ1) is 14.6. The average Bonchev–Trinajstić information content (AvgIpc) is 2.29. The summed E-state index contributed by atoms with van der Waals surface area (Å²) in [5, 5.41) is 3.54. The molecule has 0 radical (unpaired) electrons. The molecule has 102 valence electrons. The van der Waals surface area contributed by atoms with E-state index in [4.69, 9.17) is 41.2 Å². The largest absolute Gasteiger partial charge is 0.392 e. The molecule has 0 heterocycles. The van der Waals surface area contributed by atoms with Crippen LogP contribution < -0.4 is 11.1 Å². The Balaban J connectivity index is 2.24. The monoisotopic (exact) mass is 316 g/mol. The molecule has 0 aliphatic heterocycles. The van der Waals surface area contributed by atoms with E-state index in [9.17, 15) is 4.79 Å². The second-order valence-electron chi connectivity index (χ2n) is 5.01. The van der Waals surface area contributed by atoms with Crippen molar-refractivity contribution >= 4 is 52.0 Å². The molecule has 1 aliphatic rings. The van der Waals surface area contributed by atoms with Gasteiger partial charge in [-0.3, -0.25) is 4.79 Å². The maximum Gasteiger partial charge on any atom is 0.237 e. The van der Waals surface area contributed by atoms with E-state index in [0.717, 1.165) is 0 Å². The molecule has 3 N–H and O–H groups in total. The predicted octanol–water partition coefficient (Wildman–Crippen LogP) is 3.63. The smallest absolute Gasteiger partial charge is 0.237 e. The zero-order valence-corrected chi connectivity index (χ0v) is 12.7. The highest BCUT2D eigenvalue weighted by Gasteiger charge is 2.51. The van der Waals surface area contributed by atoms with Crippen molar-refractivity contribution in [2.45, 2.75) is 19.8 Å². The lowest BCUT2D eigenvalue weighted by molar-refractivity contribution is -0.127. The van der Waals surface area contributed by atoms with Gasteiger partial charge in [-0.15, -0.1) is 0 Å². The van der Waals surface area contributed by atoms with E-state index >= 15 is 0 Å². The number of benzene rings is 1. The third-order valence-electron chi connectivity index (χ3n) is 3.50. The van der Waals surface area contributed by atoms with Crippen molar-refractivity contribution in [3.8, 4) is 0 Å². The van der Waals surface area contributed by atoms with Gasteiger partial charge >= 0.3 is 0 Å². The van der Waals surface area contributed by atoms with Gasteiger partial charge in [-0.05, 0) is 30.9 Å². The predicted molar refractivity (Wildman–Crippen MR) is 82.7 cm³/mol. The van der Waals surface area contributed by atoms with Crippen LogP contribution in [0.5, 0.6) is 0 Å². The fraction of sp³-hybridized carbons (Fsp3) is 0.385. The van der Waals surface area contributed by atoms with Crippen LogP contribution in [0.4, 0.5) is 5.69 Å². The second-order valence-corrected chi connectivity index (χ2v) is 6.26. The standard InChI is InChI=1S/C13H14Cl2N2OS/c1-7-5-13(6-7,11(16)19)12(18)17-10-8(14)3-2-4-9(10)15/h2-4,7H,5-6H2,1H3,(H2,16,19)(H,17,18). The molecule has 3 nitrogen and oxygen atoms in total. The summed E-state index contributed by atoms with van der Waals surface area (Å²) in [4.78, 5) is 12.6. The highest BCUT2D eigenvalue weighted by atomic mass is 35.5. The molecule has 6 heteroatoms. The van der Waals surface area contributed by atoms with Crippen LogP contribution in [0.3, 0.4) is 0 Å². The van der Waals surface area contributed by atoms with Crippen LogP contribution in [-0.2, 0) is 4.79 Å². The Labute approximate surface area is 127 Å². The summed E-state index contributed by atoms with van der Waals surface area (Å²) in [6.45, 7) is 2.06. The van der Waals surface area contributed by atoms with E-state index in [1.165, 1.54) is 0 Å². The molecule has 19 heavy (non-hydrogen) atoms. The number of halogens is 2. The average molecular weight is 317 g/mol. The number of para-hydroxylation sites is 1. The SMILES string of the molecule is CC1CC(C(=O)Nc2c(Cl)cccc2Cl)(C(N)=S)C1. The molecule has 0 unspecified atom stereocenters. The van der Waals surface area contributed by atoms with E-state index in [2.05, 4.69) is 12.2 Å². The number of hydrogen-bond donors (Lipinski definition) is 2. The lowest BCUT2D eigenvalue weighted by Gasteiger charge is -2.44. The number of nitrogens with one attached hydrogen (secondary N) is 1. The van der Waals surface area contributed by atoms with Gasteiger partial charge < -0.3 is 11.1 Å². The molecule has 0 atom stereocenters. The van der Waals surface area contributed by atoms with Crippen molar-refractivity contribution in [1.29, 1.82) is 0 Å². The van der Waals surface area contributed by atoms with Gasteiger partial charge in [0.05, 0.1) is 26.1 Å². The van der Waals surface area contributed by atoms with Gasteiger partial charge in [0, 0.05) is 0 Å². The normalized spacial score (nSPS) is 25.5. The molecule has 1 aromatic carbocycles. The number of carbonyl (C=O) groups excluding carboxylic acids is 1. The summed E-state index contributed by atoms with van der Waals surface area (Å²) >= 11 is 17.1. The van der Waals surface area contributed by atoms with Crippen molar-refractivity contribution in [2.24, 2.45) is 17.1 Å². The first-order chi connectivity index (χ1) is 8.86. The lowest BCUT2D eigenvalue weighted by Crippen LogP contribution is -2.53. The van der Waals surface area contributed by atoms with E-state index in [0.29, 0.717) is 34.5 Å². The van der Waals surface area contributed by atoms with E-state index in [1.807, 2.05) is 0 Å². The van der Waals surface area contributed by atoms with Crippen LogP contribution in [0.25, 0.3) is 0 Å². The van der Waals surface area contributed by atoms with E-state index in [1.54, 1.807) is 18.2 Å². The minimum Gasteiger partial charge on any atom is -0.392 e. The molecule has 1 amide bonds.